The van der Waals surface area contributed by atoms with Crippen LogP contribution in [0.25, 0.3) is 0 Å². The molecule has 1 rings (SSSR count). The van der Waals surface area contributed by atoms with E-state index in [1.165, 1.54) is 25.2 Å². The molecule has 0 atom stereocenters. The van der Waals surface area contributed by atoms with E-state index in [4.69, 9.17) is 0 Å². The van der Waals surface area contributed by atoms with Crippen molar-refractivity contribution in [2.45, 2.75) is 19.4 Å². The van der Waals surface area contributed by atoms with Crippen molar-refractivity contribution >= 4 is 17.3 Å². The quantitative estimate of drug-likeness (QED) is 0.548. The van der Waals surface area contributed by atoms with Crippen LogP contribution in [0.5, 0.6) is 0 Å². The van der Waals surface area contributed by atoms with Gasteiger partial charge in [0, 0.05) is 25.2 Å². The first-order valence-electron chi connectivity index (χ1n) is 5.71. The molecule has 0 fully saturated rings. The molecule has 0 aliphatic rings. The standard InChI is InChI=1S/C12H17N3O4/c1-12(2,17)7-14-9-6-8(11(16)13-3)4-5-10(9)15(18)19/h4-6,14,17H,7H2,1-3H3,(H,13,16). The van der Waals surface area contributed by atoms with E-state index < -0.39 is 10.5 Å². The summed E-state index contributed by atoms with van der Waals surface area (Å²) in [7, 11) is 1.48. The first kappa shape index (κ1) is 14.9. The van der Waals surface area contributed by atoms with E-state index in [0.29, 0.717) is 5.56 Å². The maximum Gasteiger partial charge on any atom is 0.292 e. The van der Waals surface area contributed by atoms with Gasteiger partial charge >= 0.3 is 0 Å². The van der Waals surface area contributed by atoms with Crippen LogP contribution in [-0.2, 0) is 0 Å². The SMILES string of the molecule is CNC(=O)c1ccc([N+](=O)[O-])c(NCC(C)(C)O)c1. The highest BCUT2D eigenvalue weighted by atomic mass is 16.6. The second-order valence-corrected chi connectivity index (χ2v) is 4.73. The smallest absolute Gasteiger partial charge is 0.292 e. The highest BCUT2D eigenvalue weighted by Gasteiger charge is 2.19. The molecule has 0 saturated carbocycles. The number of benzene rings is 1. The van der Waals surface area contributed by atoms with Crippen LogP contribution in [-0.4, -0.2) is 35.1 Å². The van der Waals surface area contributed by atoms with E-state index in [2.05, 4.69) is 10.6 Å². The predicted molar refractivity (Wildman–Crippen MR) is 71.3 cm³/mol. The van der Waals surface area contributed by atoms with Gasteiger partial charge in [-0.1, -0.05) is 0 Å². The van der Waals surface area contributed by atoms with Crippen molar-refractivity contribution in [1.82, 2.24) is 5.32 Å². The van der Waals surface area contributed by atoms with Gasteiger partial charge in [-0.3, -0.25) is 14.9 Å². The third kappa shape index (κ3) is 4.22. The van der Waals surface area contributed by atoms with Crippen LogP contribution < -0.4 is 10.6 Å². The zero-order chi connectivity index (χ0) is 14.6. The highest BCUT2D eigenvalue weighted by Crippen LogP contribution is 2.26. The molecule has 104 valence electrons. The van der Waals surface area contributed by atoms with Gasteiger partial charge in [0.1, 0.15) is 5.69 Å². The molecule has 0 aliphatic heterocycles. The van der Waals surface area contributed by atoms with Crippen molar-refractivity contribution in [3.05, 3.63) is 33.9 Å². The number of aliphatic hydroxyl groups is 1. The number of hydrogen-bond donors (Lipinski definition) is 3. The summed E-state index contributed by atoms with van der Waals surface area (Å²) in [5.41, 5.74) is -0.645. The molecular formula is C12H17N3O4. The Balaban J connectivity index is 3.09. The van der Waals surface area contributed by atoms with Gasteiger partial charge in [0.25, 0.3) is 11.6 Å². The summed E-state index contributed by atoms with van der Waals surface area (Å²) in [6.07, 6.45) is 0. The van der Waals surface area contributed by atoms with Crippen molar-refractivity contribution in [3.8, 4) is 0 Å². The van der Waals surface area contributed by atoms with Crippen LogP contribution in [0.2, 0.25) is 0 Å². The van der Waals surface area contributed by atoms with Crippen LogP contribution in [0.4, 0.5) is 11.4 Å². The van der Waals surface area contributed by atoms with E-state index in [0.717, 1.165) is 0 Å². The van der Waals surface area contributed by atoms with Crippen LogP contribution in [0, 0.1) is 10.1 Å². The minimum absolute atomic E-state index is 0.130. The predicted octanol–water partition coefficient (Wildman–Crippen LogP) is 1.14. The molecule has 3 N–H and O–H groups in total. The van der Waals surface area contributed by atoms with Crippen molar-refractivity contribution in [3.63, 3.8) is 0 Å². The van der Waals surface area contributed by atoms with Crippen LogP contribution in [0.15, 0.2) is 18.2 Å². The molecule has 1 aromatic carbocycles. The lowest BCUT2D eigenvalue weighted by Gasteiger charge is -2.18. The number of carbonyl (C=O) groups excluding carboxylic acids is 1. The fourth-order valence-corrected chi connectivity index (χ4v) is 1.43. The first-order chi connectivity index (χ1) is 8.74. The Morgan fingerprint density at radius 1 is 1.47 bits per heavy atom. The summed E-state index contributed by atoms with van der Waals surface area (Å²) in [6.45, 7) is 3.29. The third-order valence-corrected chi connectivity index (χ3v) is 2.39. The molecule has 0 bridgehead atoms. The number of anilines is 1. The molecule has 0 unspecified atom stereocenters. The maximum absolute atomic E-state index is 11.5. The Bertz CT molecular complexity index is 494. The van der Waals surface area contributed by atoms with E-state index in [1.807, 2.05) is 0 Å². The maximum atomic E-state index is 11.5. The highest BCUT2D eigenvalue weighted by molar-refractivity contribution is 5.95. The molecule has 0 aromatic heterocycles. The molecule has 0 heterocycles. The van der Waals surface area contributed by atoms with Gasteiger partial charge in [0.05, 0.1) is 10.5 Å². The average Bonchev–Trinajstić information content (AvgIpc) is 2.34. The summed E-state index contributed by atoms with van der Waals surface area (Å²) >= 11 is 0. The van der Waals surface area contributed by atoms with Crippen LogP contribution >= 0.6 is 0 Å². The van der Waals surface area contributed by atoms with Crippen molar-refractivity contribution < 1.29 is 14.8 Å². The number of amides is 1. The first-order valence-corrected chi connectivity index (χ1v) is 5.71. The number of nitro groups is 1. The molecule has 0 spiro atoms. The summed E-state index contributed by atoms with van der Waals surface area (Å²) in [4.78, 5) is 21.8. The number of nitrogens with zero attached hydrogens (tertiary/aromatic N) is 1. The number of nitrogens with one attached hydrogen (secondary N) is 2. The van der Waals surface area contributed by atoms with Gasteiger partial charge in [-0.25, -0.2) is 0 Å². The van der Waals surface area contributed by atoms with Crippen molar-refractivity contribution in [2.24, 2.45) is 0 Å². The molecule has 0 radical (unpaired) electrons. The minimum Gasteiger partial charge on any atom is -0.389 e. The zero-order valence-corrected chi connectivity index (χ0v) is 11.1. The van der Waals surface area contributed by atoms with Gasteiger partial charge in [0.2, 0.25) is 0 Å². The summed E-state index contributed by atoms with van der Waals surface area (Å²) in [5.74, 6) is -0.332. The van der Waals surface area contributed by atoms with Gasteiger partial charge in [-0.2, -0.15) is 0 Å². The lowest BCUT2D eigenvalue weighted by Crippen LogP contribution is -2.29. The lowest BCUT2D eigenvalue weighted by atomic mass is 10.1. The van der Waals surface area contributed by atoms with Gasteiger partial charge in [-0.15, -0.1) is 0 Å². The molecule has 19 heavy (non-hydrogen) atoms. The summed E-state index contributed by atoms with van der Waals surface area (Å²) in [5, 5.41) is 25.7. The lowest BCUT2D eigenvalue weighted by molar-refractivity contribution is -0.384. The van der Waals surface area contributed by atoms with Crippen molar-refractivity contribution in [1.29, 1.82) is 0 Å². The average molecular weight is 267 g/mol. The normalized spacial score (nSPS) is 10.9. The van der Waals surface area contributed by atoms with Crippen LogP contribution in [0.3, 0.4) is 0 Å². The molecule has 7 nitrogen and oxygen atoms in total. The molecular weight excluding hydrogens is 250 g/mol. The third-order valence-electron chi connectivity index (χ3n) is 2.39. The Labute approximate surface area is 110 Å². The second kappa shape index (κ2) is 5.66. The Morgan fingerprint density at radius 2 is 2.11 bits per heavy atom. The van der Waals surface area contributed by atoms with E-state index in [1.54, 1.807) is 13.8 Å². The fourth-order valence-electron chi connectivity index (χ4n) is 1.43. The van der Waals surface area contributed by atoms with Crippen LogP contribution in [0.1, 0.15) is 24.2 Å². The van der Waals surface area contributed by atoms with Gasteiger partial charge in [0.15, 0.2) is 0 Å². The topological polar surface area (TPSA) is 104 Å². The molecule has 7 heteroatoms. The molecule has 0 saturated heterocycles. The van der Waals surface area contributed by atoms with E-state index in [-0.39, 0.29) is 23.8 Å². The van der Waals surface area contributed by atoms with Crippen molar-refractivity contribution in [2.75, 3.05) is 18.9 Å². The summed E-state index contributed by atoms with van der Waals surface area (Å²) < 4.78 is 0. The fraction of sp³-hybridized carbons (Fsp3) is 0.417. The molecule has 1 aromatic rings. The number of carbonyl (C=O) groups is 1. The number of hydrogen-bond acceptors (Lipinski definition) is 5. The molecule has 1 amide bonds. The monoisotopic (exact) mass is 267 g/mol. The Morgan fingerprint density at radius 3 is 2.58 bits per heavy atom. The van der Waals surface area contributed by atoms with Gasteiger partial charge in [-0.05, 0) is 26.0 Å². The number of rotatable bonds is 5. The minimum atomic E-state index is -1.02. The van der Waals surface area contributed by atoms with Gasteiger partial charge < -0.3 is 15.7 Å². The zero-order valence-electron chi connectivity index (χ0n) is 11.1. The molecule has 0 aliphatic carbocycles. The van der Waals surface area contributed by atoms with E-state index in [9.17, 15) is 20.0 Å². The second-order valence-electron chi connectivity index (χ2n) is 4.73. The Kier molecular flexibility index (Phi) is 4.44. The largest absolute Gasteiger partial charge is 0.389 e. The van der Waals surface area contributed by atoms with E-state index >= 15 is 0 Å². The summed E-state index contributed by atoms with van der Waals surface area (Å²) in [6, 6.07) is 4.03. The Hall–Kier alpha value is -2.15. The number of nitro benzene ring substituents is 1.